The normalized spacial score (nSPS) is 20.6. The van der Waals surface area contributed by atoms with Crippen LogP contribution in [0.15, 0.2) is 30.7 Å². The highest BCUT2D eigenvalue weighted by molar-refractivity contribution is 6.07. The van der Waals surface area contributed by atoms with Gasteiger partial charge in [-0.25, -0.2) is 0 Å². The Balaban J connectivity index is 1.46. The summed E-state index contributed by atoms with van der Waals surface area (Å²) in [4.78, 5) is 33.9. The summed E-state index contributed by atoms with van der Waals surface area (Å²) in [5.74, 6) is 5.32. The first-order chi connectivity index (χ1) is 17.0. The van der Waals surface area contributed by atoms with Crippen LogP contribution in [0, 0.1) is 17.8 Å². The van der Waals surface area contributed by atoms with Gasteiger partial charge in [0.25, 0.3) is 5.91 Å². The number of carbonyl (C=O) groups excluding carboxylic acids is 1. The van der Waals surface area contributed by atoms with Gasteiger partial charge in [0.05, 0.1) is 46.8 Å². The number of carboxylic acids is 1. The summed E-state index contributed by atoms with van der Waals surface area (Å²) >= 11 is 0. The third kappa shape index (κ3) is 4.63. The van der Waals surface area contributed by atoms with Crippen molar-refractivity contribution in [3.05, 3.63) is 53.2 Å². The molecule has 5 rings (SSSR count). The van der Waals surface area contributed by atoms with Gasteiger partial charge in [0.2, 0.25) is 0 Å². The van der Waals surface area contributed by atoms with Gasteiger partial charge in [-0.1, -0.05) is 5.92 Å². The fraction of sp³-hybridized carbons (Fsp3) is 0.444. The van der Waals surface area contributed by atoms with Crippen molar-refractivity contribution >= 4 is 22.8 Å². The average Bonchev–Trinajstić information content (AvgIpc) is 3.62. The Hall–Kier alpha value is -3.73. The number of nitrogens with one attached hydrogen (secondary N) is 1. The maximum atomic E-state index is 13.4. The van der Waals surface area contributed by atoms with Crippen LogP contribution < -0.4 is 5.32 Å². The molecule has 2 fully saturated rings. The Morgan fingerprint density at radius 1 is 1.09 bits per heavy atom. The molecule has 2 aromatic heterocycles. The van der Waals surface area contributed by atoms with Crippen LogP contribution in [0.4, 0.5) is 0 Å². The summed E-state index contributed by atoms with van der Waals surface area (Å²) in [6.45, 7) is 3.78. The number of rotatable bonds is 6. The maximum absolute atomic E-state index is 13.4. The van der Waals surface area contributed by atoms with Gasteiger partial charge >= 0.3 is 5.97 Å². The third-order valence-electron chi connectivity index (χ3n) is 7.16. The molecule has 0 unspecified atom stereocenters. The smallest absolute Gasteiger partial charge is 0.306 e. The molecule has 0 aliphatic heterocycles. The van der Waals surface area contributed by atoms with Crippen LogP contribution in [0.2, 0.25) is 0 Å². The first-order valence-corrected chi connectivity index (χ1v) is 12.2. The maximum Gasteiger partial charge on any atom is 0.306 e. The van der Waals surface area contributed by atoms with Crippen LogP contribution in [0.5, 0.6) is 0 Å². The van der Waals surface area contributed by atoms with E-state index in [0.717, 1.165) is 22.3 Å². The summed E-state index contributed by atoms with van der Waals surface area (Å²) in [5, 5.41) is 17.8. The van der Waals surface area contributed by atoms with Gasteiger partial charge in [0, 0.05) is 29.1 Å². The second-order valence-corrected chi connectivity index (χ2v) is 9.56. The van der Waals surface area contributed by atoms with Gasteiger partial charge in [-0.3, -0.25) is 24.2 Å². The number of amides is 1. The second kappa shape index (κ2) is 9.49. The topological polar surface area (TPSA) is 110 Å². The summed E-state index contributed by atoms with van der Waals surface area (Å²) in [7, 11) is 0. The molecule has 8 nitrogen and oxygen atoms in total. The standard InChI is InChI=1S/C27H29N5O3/c1-3-4-17-9-12-21(26(33)31-20-10-7-19(8-11-20)27(34)35)25-22(17)13-30-32(25)16(2)23-14-29-24(15-28-23)18-5-6-18/h9,12-16,18-20H,5-8,10-11H2,1-2H3,(H,31,33)(H,34,35)/t16-,19?,20?/m1/s1. The van der Waals surface area contributed by atoms with Gasteiger partial charge < -0.3 is 10.4 Å². The molecule has 2 N–H and O–H groups in total. The van der Waals surface area contributed by atoms with E-state index < -0.39 is 5.97 Å². The molecule has 1 atom stereocenters. The zero-order valence-electron chi connectivity index (χ0n) is 20.0. The Morgan fingerprint density at radius 3 is 2.49 bits per heavy atom. The highest BCUT2D eigenvalue weighted by Gasteiger charge is 2.29. The number of benzene rings is 1. The Labute approximate surface area is 204 Å². The van der Waals surface area contributed by atoms with Crippen LogP contribution in [-0.2, 0) is 4.79 Å². The van der Waals surface area contributed by atoms with Crippen LogP contribution in [0.3, 0.4) is 0 Å². The van der Waals surface area contributed by atoms with Gasteiger partial charge in [-0.2, -0.15) is 5.10 Å². The minimum Gasteiger partial charge on any atom is -0.481 e. The van der Waals surface area contributed by atoms with E-state index in [1.807, 2.05) is 30.1 Å². The summed E-state index contributed by atoms with van der Waals surface area (Å²) in [5.41, 5.74) is 3.86. The van der Waals surface area contributed by atoms with E-state index in [1.54, 1.807) is 19.2 Å². The van der Waals surface area contributed by atoms with E-state index in [4.69, 9.17) is 0 Å². The third-order valence-corrected chi connectivity index (χ3v) is 7.16. The van der Waals surface area contributed by atoms with Gasteiger partial charge in [-0.15, -0.1) is 5.92 Å². The quantitative estimate of drug-likeness (QED) is 0.525. The SMILES string of the molecule is CC#Cc1ccc(C(=O)NC2CCC(C(=O)O)CC2)c2c1cnn2[C@H](C)c1cnc(C2CC2)cn1. The highest BCUT2D eigenvalue weighted by atomic mass is 16.4. The molecular formula is C27H29N5O3. The number of nitrogens with zero attached hydrogens (tertiary/aromatic N) is 4. The van der Waals surface area contributed by atoms with Crippen LogP contribution in [-0.4, -0.2) is 42.8 Å². The molecule has 0 radical (unpaired) electrons. The number of aromatic nitrogens is 4. The van der Waals surface area contributed by atoms with Gasteiger partial charge in [0.1, 0.15) is 0 Å². The van der Waals surface area contributed by atoms with E-state index in [-0.39, 0.29) is 23.9 Å². The first-order valence-electron chi connectivity index (χ1n) is 12.2. The van der Waals surface area contributed by atoms with Gasteiger partial charge in [0.15, 0.2) is 0 Å². The predicted octanol–water partition coefficient (Wildman–Crippen LogP) is 4.06. The number of fused-ring (bicyclic) bond motifs is 1. The number of hydrogen-bond acceptors (Lipinski definition) is 5. The van der Waals surface area contributed by atoms with E-state index >= 15 is 0 Å². The van der Waals surface area contributed by atoms with Crippen molar-refractivity contribution in [2.45, 2.75) is 70.4 Å². The number of hydrogen-bond donors (Lipinski definition) is 2. The lowest BCUT2D eigenvalue weighted by molar-refractivity contribution is -0.142. The molecule has 35 heavy (non-hydrogen) atoms. The van der Waals surface area contributed by atoms with Crippen LogP contribution in [0.1, 0.15) is 91.6 Å². The zero-order valence-corrected chi connectivity index (χ0v) is 20.0. The van der Waals surface area contributed by atoms with Crippen LogP contribution in [0.25, 0.3) is 10.9 Å². The van der Waals surface area contributed by atoms with Crippen molar-refractivity contribution < 1.29 is 14.7 Å². The number of carbonyl (C=O) groups is 2. The molecule has 1 amide bonds. The van der Waals surface area contributed by atoms with Crippen molar-refractivity contribution in [2.75, 3.05) is 0 Å². The lowest BCUT2D eigenvalue weighted by Crippen LogP contribution is -2.39. The Bertz CT molecular complexity index is 1320. The van der Waals surface area contributed by atoms with Crippen LogP contribution >= 0.6 is 0 Å². The summed E-state index contributed by atoms with van der Waals surface area (Å²) in [6, 6.07) is 3.39. The summed E-state index contributed by atoms with van der Waals surface area (Å²) < 4.78 is 1.83. The average molecular weight is 472 g/mol. The molecule has 2 aliphatic carbocycles. The monoisotopic (exact) mass is 471 g/mol. The lowest BCUT2D eigenvalue weighted by atomic mass is 9.86. The molecule has 2 saturated carbocycles. The van der Waals surface area contributed by atoms with Crippen molar-refractivity contribution in [1.82, 2.24) is 25.1 Å². The second-order valence-electron chi connectivity index (χ2n) is 9.56. The molecule has 2 aliphatic rings. The molecule has 0 bridgehead atoms. The van der Waals surface area contributed by atoms with E-state index in [2.05, 4.69) is 32.2 Å². The molecule has 0 spiro atoms. The van der Waals surface area contributed by atoms with E-state index in [1.165, 1.54) is 12.8 Å². The number of carboxylic acid groups (broad SMARTS) is 1. The van der Waals surface area contributed by atoms with Crippen molar-refractivity contribution in [2.24, 2.45) is 5.92 Å². The molecule has 180 valence electrons. The molecule has 1 aromatic carbocycles. The van der Waals surface area contributed by atoms with Crippen molar-refractivity contribution in [3.8, 4) is 11.8 Å². The highest BCUT2D eigenvalue weighted by Crippen LogP contribution is 2.38. The Morgan fingerprint density at radius 2 is 1.86 bits per heavy atom. The molecule has 8 heteroatoms. The largest absolute Gasteiger partial charge is 0.481 e. The van der Waals surface area contributed by atoms with Crippen molar-refractivity contribution in [3.63, 3.8) is 0 Å². The Kier molecular flexibility index (Phi) is 6.25. The number of aliphatic carboxylic acids is 1. The zero-order chi connectivity index (χ0) is 24.5. The molecule has 0 saturated heterocycles. The fourth-order valence-corrected chi connectivity index (χ4v) is 4.91. The lowest BCUT2D eigenvalue weighted by Gasteiger charge is -2.27. The van der Waals surface area contributed by atoms with Crippen molar-refractivity contribution in [1.29, 1.82) is 0 Å². The first kappa shape index (κ1) is 23.0. The predicted molar refractivity (Wildman–Crippen MR) is 131 cm³/mol. The van der Waals surface area contributed by atoms with Gasteiger partial charge in [-0.05, 0) is 64.5 Å². The summed E-state index contributed by atoms with van der Waals surface area (Å²) in [6.07, 6.45) is 10.2. The van der Waals surface area contributed by atoms with E-state index in [0.29, 0.717) is 42.7 Å². The molecule has 2 heterocycles. The minimum atomic E-state index is -0.754. The molecule has 3 aromatic rings. The minimum absolute atomic E-state index is 0.0436. The fourth-order valence-electron chi connectivity index (χ4n) is 4.91. The van der Waals surface area contributed by atoms with E-state index in [9.17, 15) is 14.7 Å². The molecular weight excluding hydrogens is 442 g/mol.